The molecule has 1 aromatic heterocycles. The SMILES string of the molecule is CN1CCCN(C(=O)c2ccc(OC3CCN(C(=O)c4cccnc4)CC3)cc2)CC1. The summed E-state index contributed by atoms with van der Waals surface area (Å²) < 4.78 is 6.12. The van der Waals surface area contributed by atoms with Crippen molar-refractivity contribution in [1.29, 1.82) is 0 Å². The summed E-state index contributed by atoms with van der Waals surface area (Å²) in [6.07, 6.45) is 5.92. The Morgan fingerprint density at radius 3 is 2.29 bits per heavy atom. The quantitative estimate of drug-likeness (QED) is 0.758. The predicted octanol–water partition coefficient (Wildman–Crippen LogP) is 2.54. The number of piperidine rings is 1. The van der Waals surface area contributed by atoms with E-state index in [1.165, 1.54) is 0 Å². The Balaban J connectivity index is 1.28. The molecule has 1 aromatic carbocycles. The number of hydrogen-bond acceptors (Lipinski definition) is 5. The number of ether oxygens (including phenoxy) is 1. The molecule has 3 heterocycles. The van der Waals surface area contributed by atoms with Crippen LogP contribution in [-0.2, 0) is 0 Å². The molecule has 2 amide bonds. The molecule has 2 aliphatic heterocycles. The van der Waals surface area contributed by atoms with Gasteiger partial charge in [-0.25, -0.2) is 0 Å². The van der Waals surface area contributed by atoms with Gasteiger partial charge < -0.3 is 19.4 Å². The van der Waals surface area contributed by atoms with Gasteiger partial charge in [-0.05, 0) is 56.4 Å². The maximum absolute atomic E-state index is 12.8. The zero-order valence-corrected chi connectivity index (χ0v) is 18.1. The van der Waals surface area contributed by atoms with Gasteiger partial charge in [0.2, 0.25) is 0 Å². The third kappa shape index (κ3) is 5.41. The van der Waals surface area contributed by atoms with Crippen LogP contribution >= 0.6 is 0 Å². The van der Waals surface area contributed by atoms with Crippen molar-refractivity contribution in [2.24, 2.45) is 0 Å². The van der Waals surface area contributed by atoms with E-state index in [1.807, 2.05) is 34.1 Å². The molecule has 0 bridgehead atoms. The van der Waals surface area contributed by atoms with E-state index in [4.69, 9.17) is 4.74 Å². The van der Waals surface area contributed by atoms with Crippen molar-refractivity contribution < 1.29 is 14.3 Å². The van der Waals surface area contributed by atoms with Crippen LogP contribution in [0.4, 0.5) is 0 Å². The molecule has 31 heavy (non-hydrogen) atoms. The van der Waals surface area contributed by atoms with Gasteiger partial charge in [0.05, 0.1) is 5.56 Å². The van der Waals surface area contributed by atoms with E-state index in [0.717, 1.165) is 51.2 Å². The second-order valence-corrected chi connectivity index (χ2v) is 8.32. The van der Waals surface area contributed by atoms with E-state index in [1.54, 1.807) is 24.5 Å². The van der Waals surface area contributed by atoms with Crippen molar-refractivity contribution in [2.75, 3.05) is 46.3 Å². The average molecular weight is 423 g/mol. The average Bonchev–Trinajstić information content (AvgIpc) is 3.04. The van der Waals surface area contributed by atoms with Crippen LogP contribution < -0.4 is 4.74 Å². The van der Waals surface area contributed by atoms with Gasteiger partial charge in [-0.2, -0.15) is 0 Å². The summed E-state index contributed by atoms with van der Waals surface area (Å²) >= 11 is 0. The minimum Gasteiger partial charge on any atom is -0.490 e. The van der Waals surface area contributed by atoms with Crippen LogP contribution in [0.2, 0.25) is 0 Å². The number of likely N-dealkylation sites (N-methyl/N-ethyl adjacent to an activating group) is 1. The van der Waals surface area contributed by atoms with E-state index in [9.17, 15) is 9.59 Å². The first-order valence-electron chi connectivity index (χ1n) is 11.0. The summed E-state index contributed by atoms with van der Waals surface area (Å²) in [5.74, 6) is 0.877. The lowest BCUT2D eigenvalue weighted by Gasteiger charge is -2.32. The van der Waals surface area contributed by atoms with Crippen LogP contribution in [0.5, 0.6) is 5.75 Å². The highest BCUT2D eigenvalue weighted by molar-refractivity contribution is 5.94. The van der Waals surface area contributed by atoms with E-state index in [-0.39, 0.29) is 17.9 Å². The van der Waals surface area contributed by atoms with E-state index < -0.39 is 0 Å². The largest absolute Gasteiger partial charge is 0.490 e. The molecule has 2 fully saturated rings. The zero-order valence-electron chi connectivity index (χ0n) is 18.1. The Morgan fingerprint density at radius 1 is 0.871 bits per heavy atom. The summed E-state index contributed by atoms with van der Waals surface area (Å²) in [6.45, 7) is 4.84. The van der Waals surface area contributed by atoms with Crippen LogP contribution in [0.3, 0.4) is 0 Å². The van der Waals surface area contributed by atoms with Gasteiger partial charge in [0.1, 0.15) is 11.9 Å². The first kappa shape index (κ1) is 21.3. The molecule has 2 aromatic rings. The molecule has 0 unspecified atom stereocenters. The number of hydrogen-bond donors (Lipinski definition) is 0. The highest BCUT2D eigenvalue weighted by atomic mass is 16.5. The summed E-state index contributed by atoms with van der Waals surface area (Å²) in [5.41, 5.74) is 1.33. The molecule has 0 aliphatic carbocycles. The van der Waals surface area contributed by atoms with Gasteiger partial charge in [0.25, 0.3) is 11.8 Å². The molecule has 7 heteroatoms. The van der Waals surface area contributed by atoms with E-state index in [0.29, 0.717) is 24.2 Å². The highest BCUT2D eigenvalue weighted by Crippen LogP contribution is 2.21. The highest BCUT2D eigenvalue weighted by Gasteiger charge is 2.25. The monoisotopic (exact) mass is 422 g/mol. The number of carbonyl (C=O) groups is 2. The number of nitrogens with zero attached hydrogens (tertiary/aromatic N) is 4. The Labute approximate surface area is 183 Å². The van der Waals surface area contributed by atoms with Gasteiger partial charge in [-0.1, -0.05) is 0 Å². The van der Waals surface area contributed by atoms with Crippen molar-refractivity contribution in [3.8, 4) is 5.75 Å². The van der Waals surface area contributed by atoms with E-state index >= 15 is 0 Å². The first-order valence-corrected chi connectivity index (χ1v) is 11.0. The molecule has 7 nitrogen and oxygen atoms in total. The Morgan fingerprint density at radius 2 is 1.58 bits per heavy atom. The number of benzene rings is 1. The topological polar surface area (TPSA) is 66.0 Å². The molecule has 0 radical (unpaired) electrons. The van der Waals surface area contributed by atoms with Gasteiger partial charge in [-0.3, -0.25) is 14.6 Å². The lowest BCUT2D eigenvalue weighted by atomic mass is 10.1. The van der Waals surface area contributed by atoms with Crippen molar-refractivity contribution >= 4 is 11.8 Å². The molecule has 164 valence electrons. The van der Waals surface area contributed by atoms with Crippen molar-refractivity contribution in [1.82, 2.24) is 19.7 Å². The van der Waals surface area contributed by atoms with Crippen molar-refractivity contribution in [3.63, 3.8) is 0 Å². The Bertz CT molecular complexity index is 879. The minimum absolute atomic E-state index is 0.0223. The van der Waals surface area contributed by atoms with Gasteiger partial charge in [0, 0.05) is 63.5 Å². The molecule has 0 atom stereocenters. The van der Waals surface area contributed by atoms with Gasteiger partial charge >= 0.3 is 0 Å². The van der Waals surface area contributed by atoms with Crippen LogP contribution in [0.15, 0.2) is 48.8 Å². The Hall–Kier alpha value is -2.93. The zero-order chi connectivity index (χ0) is 21.6. The number of carbonyl (C=O) groups excluding carboxylic acids is 2. The second-order valence-electron chi connectivity index (χ2n) is 8.32. The first-order chi connectivity index (χ1) is 15.1. The summed E-state index contributed by atoms with van der Waals surface area (Å²) in [5, 5.41) is 0. The number of likely N-dealkylation sites (tertiary alicyclic amines) is 1. The van der Waals surface area contributed by atoms with Crippen molar-refractivity contribution in [2.45, 2.75) is 25.4 Å². The molecular formula is C24H30N4O3. The summed E-state index contributed by atoms with van der Waals surface area (Å²) in [7, 11) is 2.10. The fourth-order valence-electron chi connectivity index (χ4n) is 4.15. The molecule has 0 spiro atoms. The lowest BCUT2D eigenvalue weighted by Crippen LogP contribution is -2.41. The Kier molecular flexibility index (Phi) is 6.82. The van der Waals surface area contributed by atoms with Crippen LogP contribution in [-0.4, -0.2) is 83.9 Å². The minimum atomic E-state index is 0.0223. The predicted molar refractivity (Wildman–Crippen MR) is 118 cm³/mol. The smallest absolute Gasteiger partial charge is 0.255 e. The molecular weight excluding hydrogens is 392 g/mol. The summed E-state index contributed by atoms with van der Waals surface area (Å²) in [6, 6.07) is 11.0. The maximum Gasteiger partial charge on any atom is 0.255 e. The van der Waals surface area contributed by atoms with Gasteiger partial charge in [0.15, 0.2) is 0 Å². The maximum atomic E-state index is 12.8. The molecule has 4 rings (SSSR count). The van der Waals surface area contributed by atoms with E-state index in [2.05, 4.69) is 16.9 Å². The molecule has 2 aliphatic rings. The molecule has 0 N–H and O–H groups in total. The summed E-state index contributed by atoms with van der Waals surface area (Å²) in [4.78, 5) is 35.4. The van der Waals surface area contributed by atoms with Crippen molar-refractivity contribution in [3.05, 3.63) is 59.9 Å². The molecule has 2 saturated heterocycles. The second kappa shape index (κ2) is 9.92. The third-order valence-electron chi connectivity index (χ3n) is 6.05. The number of amides is 2. The standard InChI is InChI=1S/C24H30N4O3/c1-26-12-3-13-27(17-16-26)23(29)19-5-7-21(8-6-19)31-22-9-14-28(15-10-22)24(30)20-4-2-11-25-18-20/h2,4-8,11,18,22H,3,9-10,12-17H2,1H3. The third-order valence-corrected chi connectivity index (χ3v) is 6.05. The van der Waals surface area contributed by atoms with Crippen LogP contribution in [0, 0.1) is 0 Å². The molecule has 0 saturated carbocycles. The number of pyridine rings is 1. The van der Waals surface area contributed by atoms with Crippen LogP contribution in [0.1, 0.15) is 40.0 Å². The lowest BCUT2D eigenvalue weighted by molar-refractivity contribution is 0.0595. The van der Waals surface area contributed by atoms with Crippen LogP contribution in [0.25, 0.3) is 0 Å². The fourth-order valence-corrected chi connectivity index (χ4v) is 4.15. The number of aromatic nitrogens is 1. The normalized spacial score (nSPS) is 18.5. The number of rotatable bonds is 4. The van der Waals surface area contributed by atoms with Gasteiger partial charge in [-0.15, -0.1) is 0 Å². The fraction of sp³-hybridized carbons (Fsp3) is 0.458.